The van der Waals surface area contributed by atoms with Gasteiger partial charge in [-0.3, -0.25) is 4.79 Å². The number of carbonyl (C=O) groups excluding carboxylic acids is 1. The second kappa shape index (κ2) is 5.89. The topological polar surface area (TPSA) is 119 Å². The van der Waals surface area contributed by atoms with Gasteiger partial charge in [0, 0.05) is 32.7 Å². The van der Waals surface area contributed by atoms with Gasteiger partial charge in [-0.2, -0.15) is 0 Å². The Labute approximate surface area is 112 Å². The number of nitrogens with one attached hydrogen (secondary N) is 1. The molecule has 0 saturated carbocycles. The molecule has 0 aromatic heterocycles. The molecule has 0 spiro atoms. The van der Waals surface area contributed by atoms with Crippen molar-refractivity contribution in [1.29, 1.82) is 0 Å². The van der Waals surface area contributed by atoms with E-state index in [1.54, 1.807) is 20.2 Å². The fourth-order valence-electron chi connectivity index (χ4n) is 1.45. The summed E-state index contributed by atoms with van der Waals surface area (Å²) in [5.74, 6) is -0.0555. The van der Waals surface area contributed by atoms with E-state index in [0.29, 0.717) is 17.9 Å². The molecule has 106 valence electrons. The number of carbonyl (C=O) groups is 1. The molecule has 1 rings (SSSR count). The molecule has 0 radical (unpaired) electrons. The zero-order valence-electron chi connectivity index (χ0n) is 10.9. The van der Waals surface area contributed by atoms with E-state index in [-0.39, 0.29) is 17.2 Å². The normalized spacial score (nSPS) is 11.1. The largest absolute Gasteiger partial charge is 0.399 e. The Bertz CT molecular complexity index is 569. The summed E-state index contributed by atoms with van der Waals surface area (Å²) < 4.78 is 22.8. The molecule has 19 heavy (non-hydrogen) atoms. The predicted molar refractivity (Wildman–Crippen MR) is 74.0 cm³/mol. The van der Waals surface area contributed by atoms with E-state index < -0.39 is 10.0 Å². The van der Waals surface area contributed by atoms with Crippen LogP contribution in [0.2, 0.25) is 0 Å². The molecule has 0 atom stereocenters. The van der Waals surface area contributed by atoms with Gasteiger partial charge < -0.3 is 16.0 Å². The maximum Gasteiger partial charge on any atom is 0.240 e. The van der Waals surface area contributed by atoms with Crippen molar-refractivity contribution >= 4 is 27.3 Å². The minimum Gasteiger partial charge on any atom is -0.399 e. The average Bonchev–Trinajstić information content (AvgIpc) is 2.29. The molecule has 7 nitrogen and oxygen atoms in total. The van der Waals surface area contributed by atoms with Crippen LogP contribution in [-0.2, 0) is 14.8 Å². The summed E-state index contributed by atoms with van der Waals surface area (Å²) in [7, 11) is -0.553. The van der Waals surface area contributed by atoms with Crippen molar-refractivity contribution in [1.82, 2.24) is 4.90 Å². The Morgan fingerprint density at radius 2 is 2.00 bits per heavy atom. The van der Waals surface area contributed by atoms with E-state index in [9.17, 15) is 13.2 Å². The molecule has 8 heteroatoms. The lowest BCUT2D eigenvalue weighted by Crippen LogP contribution is -2.24. The highest BCUT2D eigenvalue weighted by Crippen LogP contribution is 2.22. The van der Waals surface area contributed by atoms with Crippen molar-refractivity contribution in [2.24, 2.45) is 5.14 Å². The predicted octanol–water partition coefficient (Wildman–Crippen LogP) is -0.194. The molecule has 1 amide bonds. The van der Waals surface area contributed by atoms with Gasteiger partial charge in [0.2, 0.25) is 15.9 Å². The van der Waals surface area contributed by atoms with Crippen LogP contribution >= 0.6 is 0 Å². The number of nitrogens with two attached hydrogens (primary N) is 2. The fraction of sp³-hybridized carbons (Fsp3) is 0.364. The first-order chi connectivity index (χ1) is 8.71. The van der Waals surface area contributed by atoms with Gasteiger partial charge in [-0.05, 0) is 18.2 Å². The number of nitrogens with zero attached hydrogens (tertiary/aromatic N) is 1. The van der Waals surface area contributed by atoms with E-state index in [4.69, 9.17) is 10.9 Å². The molecule has 0 aliphatic rings. The van der Waals surface area contributed by atoms with Crippen molar-refractivity contribution in [2.75, 3.05) is 31.7 Å². The number of amides is 1. The van der Waals surface area contributed by atoms with Gasteiger partial charge in [0.25, 0.3) is 0 Å². The van der Waals surface area contributed by atoms with Crippen molar-refractivity contribution in [3.63, 3.8) is 0 Å². The van der Waals surface area contributed by atoms with Gasteiger partial charge >= 0.3 is 0 Å². The van der Waals surface area contributed by atoms with Crippen LogP contribution in [0.25, 0.3) is 0 Å². The highest BCUT2D eigenvalue weighted by atomic mass is 32.2. The van der Waals surface area contributed by atoms with Crippen LogP contribution in [0, 0.1) is 0 Å². The number of primary sulfonamides is 1. The van der Waals surface area contributed by atoms with Crippen LogP contribution in [0.1, 0.15) is 6.42 Å². The fourth-order valence-corrected chi connectivity index (χ4v) is 2.20. The first-order valence-corrected chi connectivity index (χ1v) is 7.13. The number of anilines is 2. The minimum atomic E-state index is -3.86. The maximum absolute atomic E-state index is 11.4. The third-order valence-corrected chi connectivity index (χ3v) is 3.42. The quantitative estimate of drug-likeness (QED) is 0.648. The molecule has 5 N–H and O–H groups in total. The number of nitrogen functional groups attached to an aromatic ring is 1. The van der Waals surface area contributed by atoms with E-state index in [0.717, 1.165) is 0 Å². The standard InChI is InChI=1S/C11H18N4O3S/c1-15(2)11(16)5-6-14-9-4-3-8(12)7-10(9)19(13,17)18/h3-4,7,14H,5-6,12H2,1-2H3,(H2,13,17,18). The molecule has 0 unspecified atom stereocenters. The van der Waals surface area contributed by atoms with Gasteiger partial charge in [-0.15, -0.1) is 0 Å². The number of sulfonamides is 1. The van der Waals surface area contributed by atoms with Gasteiger partial charge in [-0.1, -0.05) is 0 Å². The molecule has 0 bridgehead atoms. The summed E-state index contributed by atoms with van der Waals surface area (Å²) in [5.41, 5.74) is 6.17. The Hall–Kier alpha value is -1.80. The lowest BCUT2D eigenvalue weighted by Gasteiger charge is -2.13. The van der Waals surface area contributed by atoms with Gasteiger partial charge in [-0.25, -0.2) is 13.6 Å². The third-order valence-electron chi connectivity index (χ3n) is 2.47. The van der Waals surface area contributed by atoms with Crippen LogP contribution in [0.15, 0.2) is 23.1 Å². The molecule has 0 heterocycles. The zero-order valence-corrected chi connectivity index (χ0v) is 11.7. The monoisotopic (exact) mass is 286 g/mol. The van der Waals surface area contributed by atoms with Crippen molar-refractivity contribution in [2.45, 2.75) is 11.3 Å². The molecule has 0 fully saturated rings. The molecular weight excluding hydrogens is 268 g/mol. The molecule has 1 aromatic rings. The number of hydrogen-bond acceptors (Lipinski definition) is 5. The Kier molecular flexibility index (Phi) is 4.73. The Morgan fingerprint density at radius 1 is 1.37 bits per heavy atom. The van der Waals surface area contributed by atoms with Gasteiger partial charge in [0.05, 0.1) is 5.69 Å². The van der Waals surface area contributed by atoms with Crippen LogP contribution in [0.3, 0.4) is 0 Å². The van der Waals surface area contributed by atoms with Crippen LogP contribution in [0.5, 0.6) is 0 Å². The van der Waals surface area contributed by atoms with Crippen LogP contribution in [0.4, 0.5) is 11.4 Å². The SMILES string of the molecule is CN(C)C(=O)CCNc1ccc(N)cc1S(N)(=O)=O. The number of rotatable bonds is 5. The van der Waals surface area contributed by atoms with Crippen LogP contribution in [-0.4, -0.2) is 39.9 Å². The van der Waals surface area contributed by atoms with E-state index in [1.165, 1.54) is 17.0 Å². The first-order valence-electron chi connectivity index (χ1n) is 5.58. The molecule has 0 saturated heterocycles. The molecule has 1 aromatic carbocycles. The second-order valence-electron chi connectivity index (χ2n) is 4.27. The highest BCUT2D eigenvalue weighted by molar-refractivity contribution is 7.89. The second-order valence-corrected chi connectivity index (χ2v) is 5.80. The molecule has 0 aliphatic heterocycles. The van der Waals surface area contributed by atoms with Gasteiger partial charge in [0.15, 0.2) is 0 Å². The summed E-state index contributed by atoms with van der Waals surface area (Å²) in [6.07, 6.45) is 0.251. The average molecular weight is 286 g/mol. The number of hydrogen-bond donors (Lipinski definition) is 3. The van der Waals surface area contributed by atoms with Crippen molar-refractivity contribution in [3.05, 3.63) is 18.2 Å². The Morgan fingerprint density at radius 3 is 2.53 bits per heavy atom. The summed E-state index contributed by atoms with van der Waals surface area (Å²) in [5, 5.41) is 7.98. The third kappa shape index (κ3) is 4.42. The zero-order chi connectivity index (χ0) is 14.6. The Balaban J connectivity index is 2.82. The summed E-state index contributed by atoms with van der Waals surface area (Å²) >= 11 is 0. The number of benzene rings is 1. The van der Waals surface area contributed by atoms with E-state index >= 15 is 0 Å². The van der Waals surface area contributed by atoms with E-state index in [2.05, 4.69) is 5.32 Å². The summed E-state index contributed by atoms with van der Waals surface area (Å²) in [4.78, 5) is 12.8. The molecule has 0 aliphatic carbocycles. The van der Waals surface area contributed by atoms with Crippen molar-refractivity contribution < 1.29 is 13.2 Å². The minimum absolute atomic E-state index is 0.0555. The van der Waals surface area contributed by atoms with E-state index in [1.807, 2.05) is 0 Å². The lowest BCUT2D eigenvalue weighted by atomic mass is 10.2. The van der Waals surface area contributed by atoms with Crippen LogP contribution < -0.4 is 16.2 Å². The maximum atomic E-state index is 11.4. The van der Waals surface area contributed by atoms with Gasteiger partial charge in [0.1, 0.15) is 4.90 Å². The molecular formula is C11H18N4O3S. The lowest BCUT2D eigenvalue weighted by molar-refractivity contribution is -0.128. The smallest absolute Gasteiger partial charge is 0.240 e. The first kappa shape index (κ1) is 15.3. The summed E-state index contributed by atoms with van der Waals surface area (Å²) in [6, 6.07) is 4.37. The highest BCUT2D eigenvalue weighted by Gasteiger charge is 2.14. The van der Waals surface area contributed by atoms with Crippen molar-refractivity contribution in [3.8, 4) is 0 Å². The summed E-state index contributed by atoms with van der Waals surface area (Å²) in [6.45, 7) is 0.309.